The Morgan fingerprint density at radius 1 is 1.19 bits per heavy atom. The fourth-order valence-corrected chi connectivity index (χ4v) is 2.19. The van der Waals surface area contributed by atoms with Crippen molar-refractivity contribution in [1.82, 2.24) is 0 Å². The molecule has 0 aromatic heterocycles. The summed E-state index contributed by atoms with van der Waals surface area (Å²) in [6.07, 6.45) is 0.450. The lowest BCUT2D eigenvalue weighted by Gasteiger charge is -2.17. The number of halogens is 1. The van der Waals surface area contributed by atoms with Gasteiger partial charge in [0.05, 0.1) is 10.7 Å². The minimum atomic E-state index is -0.0145. The van der Waals surface area contributed by atoms with Crippen molar-refractivity contribution in [3.63, 3.8) is 0 Å². The van der Waals surface area contributed by atoms with E-state index in [9.17, 15) is 4.79 Å². The maximum absolute atomic E-state index is 11.5. The first-order valence-electron chi connectivity index (χ1n) is 7.01. The van der Waals surface area contributed by atoms with Crippen molar-refractivity contribution in [3.8, 4) is 0 Å². The second kappa shape index (κ2) is 7.14. The summed E-state index contributed by atoms with van der Waals surface area (Å²) in [5.41, 5.74) is 2.73. The van der Waals surface area contributed by atoms with Gasteiger partial charge < -0.3 is 10.6 Å². The van der Waals surface area contributed by atoms with Crippen LogP contribution >= 0.6 is 11.6 Å². The topological polar surface area (TPSA) is 41.1 Å². The van der Waals surface area contributed by atoms with Gasteiger partial charge in [-0.2, -0.15) is 0 Å². The van der Waals surface area contributed by atoms with Crippen molar-refractivity contribution in [2.75, 3.05) is 10.6 Å². The maximum atomic E-state index is 11.5. The largest absolute Gasteiger partial charge is 0.377 e. The van der Waals surface area contributed by atoms with Crippen LogP contribution in [0.3, 0.4) is 0 Å². The van der Waals surface area contributed by atoms with Gasteiger partial charge in [0.25, 0.3) is 0 Å². The van der Waals surface area contributed by atoms with Crippen LogP contribution in [0.5, 0.6) is 0 Å². The van der Waals surface area contributed by atoms with Gasteiger partial charge in [0.1, 0.15) is 0 Å². The minimum absolute atomic E-state index is 0.0145. The molecule has 2 rings (SSSR count). The van der Waals surface area contributed by atoms with Crippen molar-refractivity contribution >= 4 is 28.9 Å². The third-order valence-electron chi connectivity index (χ3n) is 3.24. The van der Waals surface area contributed by atoms with E-state index in [2.05, 4.69) is 29.7 Å². The summed E-state index contributed by atoms with van der Waals surface area (Å²) in [7, 11) is 0. The highest BCUT2D eigenvalue weighted by Gasteiger charge is 2.09. The maximum Gasteiger partial charge on any atom is 0.224 e. The van der Waals surface area contributed by atoms with Crippen LogP contribution in [0.1, 0.15) is 31.9 Å². The smallest absolute Gasteiger partial charge is 0.224 e. The van der Waals surface area contributed by atoms with Crippen LogP contribution < -0.4 is 10.6 Å². The van der Waals surface area contributed by atoms with Crippen molar-refractivity contribution in [2.45, 2.75) is 26.3 Å². The number of carbonyl (C=O) groups excluding carboxylic acids is 1. The minimum Gasteiger partial charge on any atom is -0.377 e. The Morgan fingerprint density at radius 2 is 1.90 bits per heavy atom. The average molecular weight is 303 g/mol. The summed E-state index contributed by atoms with van der Waals surface area (Å²) in [5.74, 6) is -0.0145. The van der Waals surface area contributed by atoms with E-state index in [1.165, 1.54) is 5.56 Å². The van der Waals surface area contributed by atoms with Crippen LogP contribution in [-0.2, 0) is 4.79 Å². The summed E-state index contributed by atoms with van der Waals surface area (Å²) < 4.78 is 0. The predicted octanol–water partition coefficient (Wildman–Crippen LogP) is 4.86. The Kier molecular flexibility index (Phi) is 5.23. The van der Waals surface area contributed by atoms with Crippen LogP contribution in [0.2, 0.25) is 5.02 Å². The fourth-order valence-electron chi connectivity index (χ4n) is 2.02. The fraction of sp³-hybridized carbons (Fsp3) is 0.235. The third kappa shape index (κ3) is 4.23. The van der Waals surface area contributed by atoms with Crippen LogP contribution in [0.4, 0.5) is 11.4 Å². The summed E-state index contributed by atoms with van der Waals surface area (Å²) in [5, 5.41) is 6.84. The number of hydrogen-bond acceptors (Lipinski definition) is 2. The second-order valence-electron chi connectivity index (χ2n) is 4.87. The molecule has 2 aromatic carbocycles. The molecule has 1 atom stereocenters. The molecule has 110 valence electrons. The summed E-state index contributed by atoms with van der Waals surface area (Å²) in [6, 6.07) is 15.7. The van der Waals surface area contributed by atoms with Gasteiger partial charge in [-0.05, 0) is 30.7 Å². The molecule has 0 heterocycles. The molecule has 0 aliphatic carbocycles. The van der Waals surface area contributed by atoms with Crippen LogP contribution in [0.15, 0.2) is 48.5 Å². The zero-order valence-corrected chi connectivity index (χ0v) is 12.9. The third-order valence-corrected chi connectivity index (χ3v) is 3.57. The first kappa shape index (κ1) is 15.4. The monoisotopic (exact) mass is 302 g/mol. The number of anilines is 2. The van der Waals surface area contributed by atoms with Crippen molar-refractivity contribution in [3.05, 3.63) is 59.1 Å². The zero-order valence-electron chi connectivity index (χ0n) is 12.2. The number of amides is 1. The van der Waals surface area contributed by atoms with E-state index >= 15 is 0 Å². The number of hydrogen-bond donors (Lipinski definition) is 2. The highest BCUT2D eigenvalue weighted by molar-refractivity contribution is 6.33. The Labute approximate surface area is 130 Å². The van der Waals surface area contributed by atoms with Gasteiger partial charge in [0.15, 0.2) is 0 Å². The molecule has 2 aromatic rings. The molecule has 0 fully saturated rings. The molecule has 0 saturated heterocycles. The molecule has 1 amide bonds. The van der Waals surface area contributed by atoms with E-state index in [4.69, 9.17) is 11.6 Å². The molecule has 21 heavy (non-hydrogen) atoms. The Bertz CT molecular complexity index is 613. The van der Waals surface area contributed by atoms with Crippen LogP contribution in [0.25, 0.3) is 0 Å². The molecule has 4 heteroatoms. The summed E-state index contributed by atoms with van der Waals surface area (Å²) in [6.45, 7) is 3.89. The van der Waals surface area contributed by atoms with Gasteiger partial charge in [-0.3, -0.25) is 4.79 Å². The Morgan fingerprint density at radius 3 is 2.57 bits per heavy atom. The molecular weight excluding hydrogens is 284 g/mol. The van der Waals surface area contributed by atoms with Crippen molar-refractivity contribution in [2.24, 2.45) is 0 Å². The van der Waals surface area contributed by atoms with Gasteiger partial charge in [-0.1, -0.05) is 48.9 Å². The quantitative estimate of drug-likeness (QED) is 0.828. The molecule has 0 aliphatic heterocycles. The van der Waals surface area contributed by atoms with E-state index < -0.39 is 0 Å². The van der Waals surface area contributed by atoms with Gasteiger partial charge in [-0.25, -0.2) is 0 Å². The highest BCUT2D eigenvalue weighted by atomic mass is 35.5. The van der Waals surface area contributed by atoms with Gasteiger partial charge in [0.2, 0.25) is 5.91 Å². The molecule has 0 bridgehead atoms. The molecular formula is C17H19ClN2O. The normalized spacial score (nSPS) is 11.8. The summed E-state index contributed by atoms with van der Waals surface area (Å²) >= 11 is 6.22. The lowest BCUT2D eigenvalue weighted by atomic mass is 10.1. The molecule has 0 radical (unpaired) electrons. The zero-order chi connectivity index (χ0) is 15.2. The number of rotatable bonds is 5. The van der Waals surface area contributed by atoms with Gasteiger partial charge >= 0.3 is 0 Å². The van der Waals surface area contributed by atoms with Crippen molar-refractivity contribution in [1.29, 1.82) is 0 Å². The standard InChI is InChI=1S/C17H19ClN2O/c1-3-17(21)20-14-9-10-15(18)16(11-14)19-12(2)13-7-5-4-6-8-13/h4-12,19H,3H2,1-2H3,(H,20,21). The number of nitrogens with one attached hydrogen (secondary N) is 2. The summed E-state index contributed by atoms with van der Waals surface area (Å²) in [4.78, 5) is 11.5. The van der Waals surface area contributed by atoms with Gasteiger partial charge in [-0.15, -0.1) is 0 Å². The molecule has 3 nitrogen and oxygen atoms in total. The Hall–Kier alpha value is -2.00. The molecule has 2 N–H and O–H groups in total. The van der Waals surface area contributed by atoms with Crippen molar-refractivity contribution < 1.29 is 4.79 Å². The predicted molar refractivity (Wildman–Crippen MR) is 88.9 cm³/mol. The molecule has 1 unspecified atom stereocenters. The molecule has 0 saturated carbocycles. The van der Waals surface area contributed by atoms with Gasteiger partial charge in [0, 0.05) is 18.2 Å². The lowest BCUT2D eigenvalue weighted by Crippen LogP contribution is -2.11. The first-order chi connectivity index (χ1) is 10.1. The van der Waals surface area contributed by atoms with E-state index in [1.54, 1.807) is 12.1 Å². The Balaban J connectivity index is 2.15. The molecule has 0 aliphatic rings. The average Bonchev–Trinajstić information content (AvgIpc) is 2.51. The SMILES string of the molecule is CCC(=O)Nc1ccc(Cl)c(NC(C)c2ccccc2)c1. The van der Waals surface area contributed by atoms with E-state index in [-0.39, 0.29) is 11.9 Å². The highest BCUT2D eigenvalue weighted by Crippen LogP contribution is 2.29. The molecule has 0 spiro atoms. The number of carbonyl (C=O) groups is 1. The van der Waals surface area contributed by atoms with E-state index in [1.807, 2.05) is 31.2 Å². The lowest BCUT2D eigenvalue weighted by molar-refractivity contribution is -0.115. The van der Waals surface area contributed by atoms with Crippen LogP contribution in [-0.4, -0.2) is 5.91 Å². The van der Waals surface area contributed by atoms with Crippen LogP contribution in [0, 0.1) is 0 Å². The van der Waals surface area contributed by atoms with E-state index in [0.29, 0.717) is 11.4 Å². The van der Waals surface area contributed by atoms with E-state index in [0.717, 1.165) is 11.4 Å². The number of benzene rings is 2. The second-order valence-corrected chi connectivity index (χ2v) is 5.28. The first-order valence-corrected chi connectivity index (χ1v) is 7.39.